The summed E-state index contributed by atoms with van der Waals surface area (Å²) in [6.45, 7) is -0.0503. The van der Waals surface area contributed by atoms with Gasteiger partial charge < -0.3 is 11.1 Å². The van der Waals surface area contributed by atoms with Gasteiger partial charge in [0.05, 0.1) is 5.69 Å². The van der Waals surface area contributed by atoms with Gasteiger partial charge in [0.1, 0.15) is 5.82 Å². The number of carbonyl (C=O) groups is 1. The van der Waals surface area contributed by atoms with Crippen molar-refractivity contribution < 1.29 is 18.0 Å². The topological polar surface area (TPSA) is 55.1 Å². The van der Waals surface area contributed by atoms with Crippen LogP contribution in [0.1, 0.15) is 15.9 Å². The Bertz CT molecular complexity index is 659. The van der Waals surface area contributed by atoms with Crippen LogP contribution in [0, 0.1) is 17.5 Å². The molecule has 1 amide bonds. The van der Waals surface area contributed by atoms with Gasteiger partial charge >= 0.3 is 0 Å². The van der Waals surface area contributed by atoms with Crippen LogP contribution in [0.4, 0.5) is 18.9 Å². The molecule has 2 aromatic carbocycles. The Morgan fingerprint density at radius 3 is 2.50 bits per heavy atom. The molecular formula is C14H11F3N2O. The van der Waals surface area contributed by atoms with Crippen molar-refractivity contribution in [3.63, 3.8) is 0 Å². The molecule has 0 saturated carbocycles. The molecule has 0 saturated heterocycles. The van der Waals surface area contributed by atoms with E-state index in [4.69, 9.17) is 5.73 Å². The van der Waals surface area contributed by atoms with E-state index in [1.54, 1.807) is 0 Å². The van der Waals surface area contributed by atoms with Crippen LogP contribution in [0.25, 0.3) is 0 Å². The lowest BCUT2D eigenvalue weighted by molar-refractivity contribution is 0.1000. The summed E-state index contributed by atoms with van der Waals surface area (Å²) in [5, 5.41) is 2.59. The highest BCUT2D eigenvalue weighted by Gasteiger charge is 2.10. The molecule has 0 aromatic heterocycles. The maximum Gasteiger partial charge on any atom is 0.248 e. The molecule has 104 valence electrons. The first-order valence-electron chi connectivity index (χ1n) is 5.75. The number of carbonyl (C=O) groups excluding carboxylic acids is 1. The lowest BCUT2D eigenvalue weighted by Gasteiger charge is -2.09. The number of nitrogens with two attached hydrogens (primary N) is 1. The minimum Gasteiger partial charge on any atom is -0.378 e. The average molecular weight is 280 g/mol. The van der Waals surface area contributed by atoms with Gasteiger partial charge in [-0.15, -0.1) is 0 Å². The van der Waals surface area contributed by atoms with Crippen molar-refractivity contribution in [3.05, 3.63) is 65.0 Å². The Morgan fingerprint density at radius 2 is 1.85 bits per heavy atom. The fourth-order valence-corrected chi connectivity index (χ4v) is 1.67. The van der Waals surface area contributed by atoms with Crippen molar-refractivity contribution in [2.75, 3.05) is 5.32 Å². The summed E-state index contributed by atoms with van der Waals surface area (Å²) in [6, 6.07) is 7.40. The van der Waals surface area contributed by atoms with Gasteiger partial charge in [0.15, 0.2) is 11.6 Å². The van der Waals surface area contributed by atoms with Gasteiger partial charge in [-0.1, -0.05) is 12.1 Å². The van der Waals surface area contributed by atoms with Gasteiger partial charge in [-0.3, -0.25) is 4.79 Å². The van der Waals surface area contributed by atoms with Gasteiger partial charge in [-0.25, -0.2) is 13.2 Å². The maximum atomic E-state index is 13.7. The first-order valence-corrected chi connectivity index (χ1v) is 5.75. The molecule has 0 aliphatic carbocycles. The summed E-state index contributed by atoms with van der Waals surface area (Å²) in [5.74, 6) is -3.40. The second kappa shape index (κ2) is 5.64. The van der Waals surface area contributed by atoms with Crippen LogP contribution in [0.2, 0.25) is 0 Å². The van der Waals surface area contributed by atoms with Crippen LogP contribution in [0.3, 0.4) is 0 Å². The smallest absolute Gasteiger partial charge is 0.248 e. The summed E-state index contributed by atoms with van der Waals surface area (Å²) in [6.07, 6.45) is 0. The minimum atomic E-state index is -1.03. The van der Waals surface area contributed by atoms with Crippen LogP contribution in [0.15, 0.2) is 36.4 Å². The van der Waals surface area contributed by atoms with E-state index in [-0.39, 0.29) is 23.4 Å². The van der Waals surface area contributed by atoms with Crippen LogP contribution in [0.5, 0.6) is 0 Å². The monoisotopic (exact) mass is 280 g/mol. The molecule has 0 heterocycles. The first-order chi connectivity index (χ1) is 9.49. The lowest BCUT2D eigenvalue weighted by atomic mass is 10.1. The lowest BCUT2D eigenvalue weighted by Crippen LogP contribution is -2.12. The van der Waals surface area contributed by atoms with Gasteiger partial charge in [-0.2, -0.15) is 0 Å². The molecule has 2 aromatic rings. The highest BCUT2D eigenvalue weighted by molar-refractivity contribution is 5.92. The quantitative estimate of drug-likeness (QED) is 0.904. The van der Waals surface area contributed by atoms with Gasteiger partial charge in [0.25, 0.3) is 0 Å². The number of anilines is 1. The number of amides is 1. The zero-order chi connectivity index (χ0) is 14.7. The Kier molecular flexibility index (Phi) is 3.93. The van der Waals surface area contributed by atoms with Crippen LogP contribution in [-0.2, 0) is 6.54 Å². The highest BCUT2D eigenvalue weighted by atomic mass is 19.2. The zero-order valence-electron chi connectivity index (χ0n) is 10.3. The fraction of sp³-hybridized carbons (Fsp3) is 0.0714. The number of primary amides is 1. The van der Waals surface area contributed by atoms with E-state index in [1.165, 1.54) is 24.3 Å². The molecule has 3 nitrogen and oxygen atoms in total. The molecule has 0 aliphatic rings. The van der Waals surface area contributed by atoms with E-state index in [0.29, 0.717) is 0 Å². The summed E-state index contributed by atoms with van der Waals surface area (Å²) in [7, 11) is 0. The Labute approximate surface area is 113 Å². The molecule has 0 aliphatic heterocycles. The molecule has 0 unspecified atom stereocenters. The van der Waals surface area contributed by atoms with Crippen molar-refractivity contribution >= 4 is 11.6 Å². The molecule has 0 fully saturated rings. The van der Waals surface area contributed by atoms with Gasteiger partial charge in [0, 0.05) is 17.7 Å². The molecule has 6 heteroatoms. The van der Waals surface area contributed by atoms with Crippen molar-refractivity contribution in [3.8, 4) is 0 Å². The fourth-order valence-electron chi connectivity index (χ4n) is 1.67. The zero-order valence-corrected chi connectivity index (χ0v) is 10.3. The Morgan fingerprint density at radius 1 is 1.10 bits per heavy atom. The first kappa shape index (κ1) is 13.9. The van der Waals surface area contributed by atoms with Crippen molar-refractivity contribution in [1.82, 2.24) is 0 Å². The molecule has 0 atom stereocenters. The van der Waals surface area contributed by atoms with Crippen molar-refractivity contribution in [1.29, 1.82) is 0 Å². The number of hydrogen-bond donors (Lipinski definition) is 2. The largest absolute Gasteiger partial charge is 0.378 e. The summed E-state index contributed by atoms with van der Waals surface area (Å²) >= 11 is 0. The molecule has 20 heavy (non-hydrogen) atoms. The van der Waals surface area contributed by atoms with Crippen LogP contribution < -0.4 is 11.1 Å². The standard InChI is InChI=1S/C14H11F3N2O/c15-10-2-1-3-12(13(10)17)19-7-9-5-4-8(14(18)20)6-11(9)16/h1-6,19H,7H2,(H2,18,20). The number of hydrogen-bond acceptors (Lipinski definition) is 2. The van der Waals surface area contributed by atoms with Crippen molar-refractivity contribution in [2.45, 2.75) is 6.54 Å². The SMILES string of the molecule is NC(=O)c1ccc(CNc2cccc(F)c2F)c(F)c1. The van der Waals surface area contributed by atoms with E-state index in [9.17, 15) is 18.0 Å². The third-order valence-corrected chi connectivity index (χ3v) is 2.76. The molecule has 0 spiro atoms. The molecular weight excluding hydrogens is 269 g/mol. The van der Waals surface area contributed by atoms with E-state index in [1.807, 2.05) is 0 Å². The van der Waals surface area contributed by atoms with Crippen LogP contribution >= 0.6 is 0 Å². The molecule has 0 bridgehead atoms. The van der Waals surface area contributed by atoms with Crippen molar-refractivity contribution in [2.24, 2.45) is 5.73 Å². The number of benzene rings is 2. The minimum absolute atomic E-state index is 0.0446. The number of nitrogens with one attached hydrogen (secondary N) is 1. The summed E-state index contributed by atoms with van der Waals surface area (Å²) in [5.41, 5.74) is 5.21. The Hall–Kier alpha value is -2.50. The molecule has 2 rings (SSSR count). The average Bonchev–Trinajstić information content (AvgIpc) is 2.41. The predicted molar refractivity (Wildman–Crippen MR) is 68.6 cm³/mol. The summed E-state index contributed by atoms with van der Waals surface area (Å²) in [4.78, 5) is 10.9. The molecule has 3 N–H and O–H groups in total. The normalized spacial score (nSPS) is 10.3. The van der Waals surface area contributed by atoms with E-state index in [0.717, 1.165) is 12.1 Å². The van der Waals surface area contributed by atoms with E-state index < -0.39 is 23.4 Å². The number of halogens is 3. The predicted octanol–water partition coefficient (Wildman–Crippen LogP) is 2.81. The molecule has 0 radical (unpaired) electrons. The van der Waals surface area contributed by atoms with E-state index in [2.05, 4.69) is 5.32 Å². The van der Waals surface area contributed by atoms with Gasteiger partial charge in [-0.05, 0) is 24.3 Å². The third-order valence-electron chi connectivity index (χ3n) is 2.76. The van der Waals surface area contributed by atoms with Crippen LogP contribution in [-0.4, -0.2) is 5.91 Å². The Balaban J connectivity index is 2.15. The third kappa shape index (κ3) is 2.90. The second-order valence-electron chi connectivity index (χ2n) is 4.13. The number of rotatable bonds is 4. The van der Waals surface area contributed by atoms with Gasteiger partial charge in [0.2, 0.25) is 5.91 Å². The van der Waals surface area contributed by atoms with E-state index >= 15 is 0 Å². The summed E-state index contributed by atoms with van der Waals surface area (Å²) < 4.78 is 40.0. The second-order valence-corrected chi connectivity index (χ2v) is 4.13. The maximum absolute atomic E-state index is 13.7. The highest BCUT2D eigenvalue weighted by Crippen LogP contribution is 2.18.